The van der Waals surface area contributed by atoms with Gasteiger partial charge in [-0.2, -0.15) is 0 Å². The quantitative estimate of drug-likeness (QED) is 0.825. The van der Waals surface area contributed by atoms with Crippen LogP contribution in [0.4, 0.5) is 0 Å². The number of nitrogens with zero attached hydrogens (tertiary/aromatic N) is 1. The van der Waals surface area contributed by atoms with E-state index in [2.05, 4.69) is 60.6 Å². The summed E-state index contributed by atoms with van der Waals surface area (Å²) in [6.07, 6.45) is 0. The number of halogens is 1. The van der Waals surface area contributed by atoms with Gasteiger partial charge in [0.15, 0.2) is 0 Å². The molecule has 0 bridgehead atoms. The van der Waals surface area contributed by atoms with Crippen molar-refractivity contribution in [2.45, 2.75) is 19.5 Å². The van der Waals surface area contributed by atoms with E-state index in [9.17, 15) is 0 Å². The Morgan fingerprint density at radius 2 is 1.95 bits per heavy atom. The smallest absolute Gasteiger partial charge is 0.0931 e. The highest BCUT2D eigenvalue weighted by atomic mass is 35.5. The van der Waals surface area contributed by atoms with Gasteiger partial charge in [0.25, 0.3) is 0 Å². The van der Waals surface area contributed by atoms with Crippen molar-refractivity contribution in [2.24, 2.45) is 0 Å². The first-order chi connectivity index (χ1) is 9.70. The molecule has 0 saturated carbocycles. The monoisotopic (exact) mass is 308 g/mol. The molecule has 4 heteroatoms. The number of benzene rings is 1. The number of nitrogens with one attached hydrogen (secondary N) is 1. The minimum absolute atomic E-state index is 0.372. The molecule has 108 valence electrons. The zero-order valence-corrected chi connectivity index (χ0v) is 13.5. The fraction of sp³-hybridized carbons (Fsp3) is 0.375. The Morgan fingerprint density at radius 3 is 2.55 bits per heavy atom. The Morgan fingerprint density at radius 1 is 1.20 bits per heavy atom. The number of likely N-dealkylation sites (N-methyl/N-ethyl adjacent to an activating group) is 2. The van der Waals surface area contributed by atoms with Crippen LogP contribution >= 0.6 is 22.9 Å². The van der Waals surface area contributed by atoms with Crippen LogP contribution in [0.1, 0.15) is 23.4 Å². The Labute approximate surface area is 130 Å². The maximum Gasteiger partial charge on any atom is 0.0931 e. The summed E-state index contributed by atoms with van der Waals surface area (Å²) in [6.45, 7) is 5.00. The highest BCUT2D eigenvalue weighted by Gasteiger charge is 2.17. The topological polar surface area (TPSA) is 15.3 Å². The van der Waals surface area contributed by atoms with Gasteiger partial charge >= 0.3 is 0 Å². The van der Waals surface area contributed by atoms with Gasteiger partial charge in [0, 0.05) is 24.0 Å². The third kappa shape index (κ3) is 4.32. The molecule has 0 saturated heterocycles. The molecule has 1 unspecified atom stereocenters. The summed E-state index contributed by atoms with van der Waals surface area (Å²) in [5.41, 5.74) is 1.35. The standard InChI is InChI=1S/C16H21ClN2S/c1-3-18-11-15(13-7-5-4-6-8-13)19(2)12-14-9-10-16(17)20-14/h4-10,15,18H,3,11-12H2,1-2H3. The lowest BCUT2D eigenvalue weighted by molar-refractivity contribution is 0.233. The van der Waals surface area contributed by atoms with Crippen LogP contribution in [-0.2, 0) is 6.54 Å². The zero-order valence-electron chi connectivity index (χ0n) is 12.0. The average molecular weight is 309 g/mol. The van der Waals surface area contributed by atoms with Crippen LogP contribution < -0.4 is 5.32 Å². The molecule has 2 aromatic rings. The maximum atomic E-state index is 6.01. The van der Waals surface area contributed by atoms with Crippen molar-refractivity contribution in [3.63, 3.8) is 0 Å². The lowest BCUT2D eigenvalue weighted by atomic mass is 10.1. The third-order valence-corrected chi connectivity index (χ3v) is 4.55. The van der Waals surface area contributed by atoms with Crippen molar-refractivity contribution in [1.29, 1.82) is 0 Å². The summed E-state index contributed by atoms with van der Waals surface area (Å²) >= 11 is 7.67. The van der Waals surface area contributed by atoms with Gasteiger partial charge in [-0.1, -0.05) is 48.9 Å². The summed E-state index contributed by atoms with van der Waals surface area (Å²) in [6, 6.07) is 15.1. The highest BCUT2D eigenvalue weighted by Crippen LogP contribution is 2.26. The summed E-state index contributed by atoms with van der Waals surface area (Å²) in [5.74, 6) is 0. The van der Waals surface area contributed by atoms with Crippen LogP contribution in [-0.4, -0.2) is 25.0 Å². The number of hydrogen-bond donors (Lipinski definition) is 1. The van der Waals surface area contributed by atoms with Gasteiger partial charge in [-0.05, 0) is 31.3 Å². The third-order valence-electron chi connectivity index (χ3n) is 3.34. The highest BCUT2D eigenvalue weighted by molar-refractivity contribution is 7.16. The first-order valence-electron chi connectivity index (χ1n) is 6.90. The van der Waals surface area contributed by atoms with Gasteiger partial charge in [-0.25, -0.2) is 0 Å². The first-order valence-corrected chi connectivity index (χ1v) is 8.10. The first kappa shape index (κ1) is 15.5. The van der Waals surface area contributed by atoms with Crippen LogP contribution in [0.15, 0.2) is 42.5 Å². The van der Waals surface area contributed by atoms with Crippen molar-refractivity contribution in [1.82, 2.24) is 10.2 Å². The van der Waals surface area contributed by atoms with Gasteiger partial charge in [0.2, 0.25) is 0 Å². The summed E-state index contributed by atoms with van der Waals surface area (Å²) in [5, 5.41) is 3.45. The number of hydrogen-bond acceptors (Lipinski definition) is 3. The lowest BCUT2D eigenvalue weighted by Crippen LogP contribution is -2.32. The second kappa shape index (κ2) is 7.79. The van der Waals surface area contributed by atoms with Crippen molar-refractivity contribution in [3.05, 3.63) is 57.2 Å². The molecule has 1 aromatic heterocycles. The maximum absolute atomic E-state index is 6.01. The van der Waals surface area contributed by atoms with Gasteiger partial charge in [0.05, 0.1) is 4.34 Å². The molecule has 1 heterocycles. The average Bonchev–Trinajstić information content (AvgIpc) is 2.86. The molecule has 0 spiro atoms. The van der Waals surface area contributed by atoms with Crippen molar-refractivity contribution in [2.75, 3.05) is 20.1 Å². The number of thiophene rings is 1. The van der Waals surface area contributed by atoms with E-state index in [1.54, 1.807) is 11.3 Å². The molecule has 0 aliphatic rings. The number of rotatable bonds is 7. The summed E-state index contributed by atoms with van der Waals surface area (Å²) in [4.78, 5) is 3.68. The molecule has 2 nitrogen and oxygen atoms in total. The fourth-order valence-electron chi connectivity index (χ4n) is 2.28. The van der Waals surface area contributed by atoms with Gasteiger partial charge in [0.1, 0.15) is 0 Å². The summed E-state index contributed by atoms with van der Waals surface area (Å²) < 4.78 is 0.858. The normalized spacial score (nSPS) is 12.8. The van der Waals surface area contributed by atoms with E-state index >= 15 is 0 Å². The largest absolute Gasteiger partial charge is 0.315 e. The lowest BCUT2D eigenvalue weighted by Gasteiger charge is -2.28. The summed E-state index contributed by atoms with van der Waals surface area (Å²) in [7, 11) is 2.17. The molecule has 0 aliphatic carbocycles. The zero-order chi connectivity index (χ0) is 14.4. The van der Waals surface area contributed by atoms with Crippen molar-refractivity contribution >= 4 is 22.9 Å². The molecule has 0 amide bonds. The molecule has 0 aliphatic heterocycles. The van der Waals surface area contributed by atoms with E-state index in [1.807, 2.05) is 6.07 Å². The van der Waals surface area contributed by atoms with Crippen molar-refractivity contribution in [3.8, 4) is 0 Å². The molecule has 20 heavy (non-hydrogen) atoms. The fourth-order valence-corrected chi connectivity index (χ4v) is 3.43. The van der Waals surface area contributed by atoms with E-state index in [0.717, 1.165) is 24.0 Å². The van der Waals surface area contributed by atoms with Crippen LogP contribution in [0.5, 0.6) is 0 Å². The Kier molecular flexibility index (Phi) is 6.05. The molecule has 1 aromatic carbocycles. The van der Waals surface area contributed by atoms with Crippen LogP contribution in [0, 0.1) is 0 Å². The molecule has 1 N–H and O–H groups in total. The second-order valence-electron chi connectivity index (χ2n) is 4.86. The van der Waals surface area contributed by atoms with Crippen LogP contribution in [0.3, 0.4) is 0 Å². The molecular weight excluding hydrogens is 288 g/mol. The van der Waals surface area contributed by atoms with E-state index in [-0.39, 0.29) is 0 Å². The van der Waals surface area contributed by atoms with Gasteiger partial charge in [-0.3, -0.25) is 4.90 Å². The van der Waals surface area contributed by atoms with E-state index in [4.69, 9.17) is 11.6 Å². The minimum atomic E-state index is 0.372. The predicted octanol–water partition coefficient (Wildman–Crippen LogP) is 4.18. The molecule has 0 fully saturated rings. The van der Waals surface area contributed by atoms with Crippen molar-refractivity contribution < 1.29 is 0 Å². The van der Waals surface area contributed by atoms with Crippen LogP contribution in [0.2, 0.25) is 4.34 Å². The Balaban J connectivity index is 2.09. The molecular formula is C16H21ClN2S. The van der Waals surface area contributed by atoms with Gasteiger partial charge in [-0.15, -0.1) is 11.3 Å². The Hall–Kier alpha value is -0.870. The van der Waals surface area contributed by atoms with E-state index in [0.29, 0.717) is 6.04 Å². The Bertz CT molecular complexity index is 512. The second-order valence-corrected chi connectivity index (χ2v) is 6.65. The SMILES string of the molecule is CCNCC(c1ccccc1)N(C)Cc1ccc(Cl)s1. The van der Waals surface area contributed by atoms with Crippen LogP contribution in [0.25, 0.3) is 0 Å². The predicted molar refractivity (Wildman–Crippen MR) is 88.5 cm³/mol. The van der Waals surface area contributed by atoms with Gasteiger partial charge < -0.3 is 5.32 Å². The molecule has 0 radical (unpaired) electrons. The molecule has 1 atom stereocenters. The van der Waals surface area contributed by atoms with E-state index < -0.39 is 0 Å². The van der Waals surface area contributed by atoms with E-state index in [1.165, 1.54) is 10.4 Å². The minimum Gasteiger partial charge on any atom is -0.315 e. The molecule has 2 rings (SSSR count).